The molecule has 0 fully saturated rings. The summed E-state index contributed by atoms with van der Waals surface area (Å²) < 4.78 is 0. The Morgan fingerprint density at radius 1 is 0.824 bits per heavy atom. The lowest BCUT2D eigenvalue weighted by molar-refractivity contribution is 1.40. The van der Waals surface area contributed by atoms with Crippen LogP contribution in [0.15, 0.2) is 65.7 Å². The Morgan fingerprint density at radius 2 is 1.59 bits per heavy atom. The van der Waals surface area contributed by atoms with Crippen molar-refractivity contribution in [2.75, 3.05) is 0 Å². The van der Waals surface area contributed by atoms with Crippen LogP contribution in [0.1, 0.15) is 11.1 Å². The van der Waals surface area contributed by atoms with Crippen molar-refractivity contribution >= 4 is 17.5 Å². The summed E-state index contributed by atoms with van der Waals surface area (Å²) in [5.41, 5.74) is 4.78. The second-order valence-corrected chi connectivity index (χ2v) is 4.15. The number of benzene rings is 2. The number of hydrogen-bond acceptors (Lipinski definition) is 1. The zero-order valence-corrected chi connectivity index (χ0v) is 9.51. The number of aliphatic imine (C=N–C) groups is 1. The van der Waals surface area contributed by atoms with E-state index in [1.807, 2.05) is 24.3 Å². The molecule has 2 aromatic rings. The first-order chi connectivity index (χ1) is 8.42. The zero-order chi connectivity index (χ0) is 11.5. The van der Waals surface area contributed by atoms with E-state index in [-0.39, 0.29) is 0 Å². The Labute approximate surface area is 101 Å². The quantitative estimate of drug-likeness (QED) is 0.723. The van der Waals surface area contributed by atoms with E-state index < -0.39 is 0 Å². The molecule has 0 saturated carbocycles. The molecule has 1 aliphatic rings. The summed E-state index contributed by atoms with van der Waals surface area (Å²) in [5.74, 6) is 0. The van der Waals surface area contributed by atoms with Crippen LogP contribution in [0.5, 0.6) is 0 Å². The van der Waals surface area contributed by atoms with Crippen molar-refractivity contribution < 1.29 is 0 Å². The smallest absolute Gasteiger partial charge is 0.0669 e. The predicted octanol–water partition coefficient (Wildman–Crippen LogP) is 4.03. The van der Waals surface area contributed by atoms with Gasteiger partial charge in [-0.3, -0.25) is 4.99 Å². The van der Waals surface area contributed by atoms with Gasteiger partial charge >= 0.3 is 0 Å². The third-order valence-corrected chi connectivity index (χ3v) is 2.89. The van der Waals surface area contributed by atoms with Crippen molar-refractivity contribution in [3.8, 4) is 0 Å². The van der Waals surface area contributed by atoms with Crippen LogP contribution in [0.4, 0.5) is 5.69 Å². The Balaban J connectivity index is 1.80. The molecule has 1 aliphatic heterocycles. The Kier molecular flexibility index (Phi) is 2.59. The second kappa shape index (κ2) is 4.38. The molecule has 0 aromatic heterocycles. The SMILES string of the molecule is C(=Cc1ccccc1)C1=Nc2ccccc2C1. The molecule has 2 aromatic carbocycles. The van der Waals surface area contributed by atoms with Crippen LogP contribution in [0.3, 0.4) is 0 Å². The van der Waals surface area contributed by atoms with E-state index in [2.05, 4.69) is 47.5 Å². The highest BCUT2D eigenvalue weighted by molar-refractivity contribution is 6.04. The molecule has 0 radical (unpaired) electrons. The lowest BCUT2D eigenvalue weighted by Gasteiger charge is -1.93. The van der Waals surface area contributed by atoms with Gasteiger partial charge in [-0.1, -0.05) is 54.6 Å². The molecule has 1 heteroatoms. The minimum atomic E-state index is 0.944. The maximum atomic E-state index is 4.60. The van der Waals surface area contributed by atoms with E-state index in [1.54, 1.807) is 0 Å². The molecule has 82 valence electrons. The zero-order valence-electron chi connectivity index (χ0n) is 9.51. The fourth-order valence-electron chi connectivity index (χ4n) is 2.01. The van der Waals surface area contributed by atoms with Crippen molar-refractivity contribution in [1.29, 1.82) is 0 Å². The van der Waals surface area contributed by atoms with Crippen LogP contribution in [-0.2, 0) is 6.42 Å². The molecule has 3 rings (SSSR count). The summed E-state index contributed by atoms with van der Waals surface area (Å²) in [6.45, 7) is 0. The van der Waals surface area contributed by atoms with Gasteiger partial charge in [0.05, 0.1) is 5.69 Å². The molecule has 0 saturated heterocycles. The van der Waals surface area contributed by atoms with Gasteiger partial charge in [-0.2, -0.15) is 0 Å². The van der Waals surface area contributed by atoms with Crippen LogP contribution in [-0.4, -0.2) is 5.71 Å². The van der Waals surface area contributed by atoms with Gasteiger partial charge in [0.1, 0.15) is 0 Å². The second-order valence-electron chi connectivity index (χ2n) is 4.15. The Morgan fingerprint density at radius 3 is 2.41 bits per heavy atom. The van der Waals surface area contributed by atoms with Crippen molar-refractivity contribution in [1.82, 2.24) is 0 Å². The summed E-state index contributed by atoms with van der Waals surface area (Å²) in [6.07, 6.45) is 5.17. The number of hydrogen-bond donors (Lipinski definition) is 0. The molecule has 0 aliphatic carbocycles. The van der Waals surface area contributed by atoms with Gasteiger partial charge in [0, 0.05) is 12.1 Å². The lowest BCUT2D eigenvalue weighted by Crippen LogP contribution is -1.91. The number of fused-ring (bicyclic) bond motifs is 1. The van der Waals surface area contributed by atoms with Gasteiger partial charge in [0.25, 0.3) is 0 Å². The van der Waals surface area contributed by atoms with Crippen LogP contribution in [0.2, 0.25) is 0 Å². The van der Waals surface area contributed by atoms with Gasteiger partial charge in [-0.15, -0.1) is 0 Å². The average Bonchev–Trinajstić information content (AvgIpc) is 2.80. The van der Waals surface area contributed by atoms with E-state index in [0.29, 0.717) is 0 Å². The van der Waals surface area contributed by atoms with Gasteiger partial charge in [0.2, 0.25) is 0 Å². The first kappa shape index (κ1) is 10.0. The molecule has 1 nitrogen and oxygen atoms in total. The molecule has 17 heavy (non-hydrogen) atoms. The van der Waals surface area contributed by atoms with Crippen molar-refractivity contribution in [3.63, 3.8) is 0 Å². The largest absolute Gasteiger partial charge is 0.253 e. The molecular formula is C16H13N. The minimum absolute atomic E-state index is 0.944. The number of para-hydroxylation sites is 1. The van der Waals surface area contributed by atoms with Gasteiger partial charge in [-0.25, -0.2) is 0 Å². The molecular weight excluding hydrogens is 206 g/mol. The normalized spacial score (nSPS) is 13.8. The number of nitrogens with zero attached hydrogens (tertiary/aromatic N) is 1. The third-order valence-electron chi connectivity index (χ3n) is 2.89. The molecule has 0 bridgehead atoms. The van der Waals surface area contributed by atoms with Crippen molar-refractivity contribution in [2.45, 2.75) is 6.42 Å². The van der Waals surface area contributed by atoms with E-state index in [0.717, 1.165) is 17.8 Å². The maximum Gasteiger partial charge on any atom is 0.0669 e. The Bertz CT molecular complexity index is 579. The van der Waals surface area contributed by atoms with E-state index >= 15 is 0 Å². The summed E-state index contributed by atoms with van der Waals surface area (Å²) in [5, 5.41) is 0. The van der Waals surface area contributed by atoms with Crippen LogP contribution in [0, 0.1) is 0 Å². The van der Waals surface area contributed by atoms with Gasteiger partial charge < -0.3 is 0 Å². The number of allylic oxidation sites excluding steroid dienone is 1. The standard InChI is InChI=1S/C16H13N/c1-2-6-13(7-3-1)10-11-15-12-14-8-4-5-9-16(14)17-15/h1-11H,12H2. The van der Waals surface area contributed by atoms with E-state index in [4.69, 9.17) is 0 Å². The third kappa shape index (κ3) is 2.18. The average molecular weight is 219 g/mol. The first-order valence-corrected chi connectivity index (χ1v) is 5.80. The highest BCUT2D eigenvalue weighted by atomic mass is 14.8. The fourth-order valence-corrected chi connectivity index (χ4v) is 2.01. The maximum absolute atomic E-state index is 4.60. The molecule has 0 spiro atoms. The highest BCUT2D eigenvalue weighted by Crippen LogP contribution is 2.26. The first-order valence-electron chi connectivity index (χ1n) is 5.80. The lowest BCUT2D eigenvalue weighted by atomic mass is 10.1. The molecule has 0 amide bonds. The van der Waals surface area contributed by atoms with Gasteiger partial charge in [0.15, 0.2) is 0 Å². The van der Waals surface area contributed by atoms with E-state index in [9.17, 15) is 0 Å². The summed E-state index contributed by atoms with van der Waals surface area (Å²) in [7, 11) is 0. The highest BCUT2D eigenvalue weighted by Gasteiger charge is 2.10. The fraction of sp³-hybridized carbons (Fsp3) is 0.0625. The molecule has 0 unspecified atom stereocenters. The molecule has 0 atom stereocenters. The van der Waals surface area contributed by atoms with Crippen LogP contribution < -0.4 is 0 Å². The monoisotopic (exact) mass is 219 g/mol. The van der Waals surface area contributed by atoms with Crippen molar-refractivity contribution in [2.24, 2.45) is 4.99 Å². The molecule has 1 heterocycles. The predicted molar refractivity (Wildman–Crippen MR) is 72.7 cm³/mol. The van der Waals surface area contributed by atoms with Crippen LogP contribution in [0.25, 0.3) is 6.08 Å². The molecule has 0 N–H and O–H groups in total. The minimum Gasteiger partial charge on any atom is -0.253 e. The summed E-state index contributed by atoms with van der Waals surface area (Å²) in [4.78, 5) is 4.60. The van der Waals surface area contributed by atoms with Crippen LogP contribution >= 0.6 is 0 Å². The topological polar surface area (TPSA) is 12.4 Å². The summed E-state index contributed by atoms with van der Waals surface area (Å²) >= 11 is 0. The Hall–Kier alpha value is -2.15. The van der Waals surface area contributed by atoms with E-state index in [1.165, 1.54) is 11.1 Å². The number of rotatable bonds is 2. The van der Waals surface area contributed by atoms with Crippen molar-refractivity contribution in [3.05, 3.63) is 71.8 Å². The van der Waals surface area contributed by atoms with Gasteiger partial charge in [-0.05, 0) is 23.3 Å². The summed E-state index contributed by atoms with van der Waals surface area (Å²) in [6, 6.07) is 18.6.